The van der Waals surface area contributed by atoms with Gasteiger partial charge in [0.05, 0.1) is 11.4 Å². The van der Waals surface area contributed by atoms with E-state index in [-0.39, 0.29) is 0 Å². The summed E-state index contributed by atoms with van der Waals surface area (Å²) in [6.07, 6.45) is 0. The van der Waals surface area contributed by atoms with Crippen LogP contribution >= 0.6 is 11.6 Å². The maximum atomic E-state index is 5.84. The minimum absolute atomic E-state index is 0.673. The zero-order chi connectivity index (χ0) is 12.0. The van der Waals surface area contributed by atoms with Gasteiger partial charge < -0.3 is 16.0 Å². The first kappa shape index (κ1) is 13.1. The van der Waals surface area contributed by atoms with Crippen LogP contribution in [-0.4, -0.2) is 31.1 Å². The zero-order valence-corrected chi connectivity index (χ0v) is 10.7. The van der Waals surface area contributed by atoms with Crippen LogP contribution in [0, 0.1) is 0 Å². The maximum absolute atomic E-state index is 5.84. The van der Waals surface area contributed by atoms with E-state index in [2.05, 4.69) is 24.1 Å². The fourth-order valence-electron chi connectivity index (χ4n) is 1.58. The summed E-state index contributed by atoms with van der Waals surface area (Å²) in [5, 5.41) is 3.99. The van der Waals surface area contributed by atoms with Crippen LogP contribution in [0.15, 0.2) is 18.2 Å². The molecular weight excluding hydrogens is 222 g/mol. The fourth-order valence-corrected chi connectivity index (χ4v) is 1.76. The van der Waals surface area contributed by atoms with Crippen LogP contribution in [0.2, 0.25) is 5.02 Å². The molecule has 0 spiro atoms. The zero-order valence-electron chi connectivity index (χ0n) is 9.96. The van der Waals surface area contributed by atoms with Gasteiger partial charge >= 0.3 is 0 Å². The molecule has 0 saturated carbocycles. The molecule has 0 saturated heterocycles. The number of nitrogens with one attached hydrogen (secondary N) is 1. The Morgan fingerprint density at radius 2 is 2.00 bits per heavy atom. The molecule has 0 bridgehead atoms. The van der Waals surface area contributed by atoms with E-state index in [0.717, 1.165) is 31.9 Å². The van der Waals surface area contributed by atoms with Crippen molar-refractivity contribution in [1.29, 1.82) is 0 Å². The van der Waals surface area contributed by atoms with Gasteiger partial charge in [-0.2, -0.15) is 0 Å². The van der Waals surface area contributed by atoms with E-state index in [9.17, 15) is 0 Å². The van der Waals surface area contributed by atoms with Crippen molar-refractivity contribution >= 4 is 23.0 Å². The Bertz CT molecular complexity index is 324. The van der Waals surface area contributed by atoms with Crippen LogP contribution in [0.4, 0.5) is 11.4 Å². The summed E-state index contributed by atoms with van der Waals surface area (Å²) in [6, 6.07) is 5.53. The van der Waals surface area contributed by atoms with Crippen molar-refractivity contribution in [2.75, 3.05) is 37.2 Å². The Morgan fingerprint density at radius 1 is 1.31 bits per heavy atom. The van der Waals surface area contributed by atoms with Crippen molar-refractivity contribution in [2.45, 2.75) is 13.8 Å². The second kappa shape index (κ2) is 6.61. The van der Waals surface area contributed by atoms with Crippen molar-refractivity contribution in [3.8, 4) is 0 Å². The lowest BCUT2D eigenvalue weighted by Crippen LogP contribution is -2.28. The van der Waals surface area contributed by atoms with Crippen LogP contribution < -0.4 is 11.1 Å². The molecule has 3 nitrogen and oxygen atoms in total. The first-order valence-corrected chi connectivity index (χ1v) is 6.06. The lowest BCUT2D eigenvalue weighted by molar-refractivity contribution is 0.316. The van der Waals surface area contributed by atoms with Crippen LogP contribution in [0.1, 0.15) is 13.8 Å². The molecule has 0 atom stereocenters. The van der Waals surface area contributed by atoms with Crippen LogP contribution in [-0.2, 0) is 0 Å². The van der Waals surface area contributed by atoms with Gasteiger partial charge in [0.15, 0.2) is 0 Å². The van der Waals surface area contributed by atoms with Crippen LogP contribution in [0.25, 0.3) is 0 Å². The van der Waals surface area contributed by atoms with Gasteiger partial charge in [0.25, 0.3) is 0 Å². The number of likely N-dealkylation sites (N-methyl/N-ethyl adjacent to an activating group) is 1. The average Bonchev–Trinajstić information content (AvgIpc) is 2.27. The molecule has 0 heterocycles. The number of nitrogens with zero attached hydrogens (tertiary/aromatic N) is 1. The van der Waals surface area contributed by atoms with Crippen molar-refractivity contribution in [1.82, 2.24) is 4.90 Å². The molecule has 0 aliphatic rings. The number of nitrogens with two attached hydrogens (primary N) is 1. The normalized spacial score (nSPS) is 10.8. The number of halogens is 1. The van der Waals surface area contributed by atoms with Gasteiger partial charge in [-0.05, 0) is 31.3 Å². The molecule has 16 heavy (non-hydrogen) atoms. The van der Waals surface area contributed by atoms with Gasteiger partial charge in [-0.1, -0.05) is 25.4 Å². The molecule has 4 heteroatoms. The third kappa shape index (κ3) is 3.91. The standard InChI is InChI=1S/C12H20ClN3/c1-3-16(4-2)8-7-15-12-6-5-10(13)9-11(12)14/h5-6,9,15H,3-4,7-8,14H2,1-2H3. The monoisotopic (exact) mass is 241 g/mol. The number of anilines is 2. The molecule has 0 fully saturated rings. The van der Waals surface area contributed by atoms with Gasteiger partial charge in [0, 0.05) is 18.1 Å². The van der Waals surface area contributed by atoms with Crippen molar-refractivity contribution < 1.29 is 0 Å². The fraction of sp³-hybridized carbons (Fsp3) is 0.500. The Hall–Kier alpha value is -0.930. The number of hydrogen-bond acceptors (Lipinski definition) is 3. The number of rotatable bonds is 6. The van der Waals surface area contributed by atoms with Crippen LogP contribution in [0.3, 0.4) is 0 Å². The number of nitrogen functional groups attached to an aromatic ring is 1. The van der Waals surface area contributed by atoms with E-state index in [4.69, 9.17) is 17.3 Å². The molecule has 1 aromatic rings. The molecule has 90 valence electrons. The highest BCUT2D eigenvalue weighted by atomic mass is 35.5. The van der Waals surface area contributed by atoms with E-state index in [1.165, 1.54) is 0 Å². The summed E-state index contributed by atoms with van der Waals surface area (Å²) in [7, 11) is 0. The highest BCUT2D eigenvalue weighted by Crippen LogP contribution is 2.22. The molecule has 0 aromatic heterocycles. The Labute approximate surface area is 103 Å². The first-order valence-electron chi connectivity index (χ1n) is 5.68. The quantitative estimate of drug-likeness (QED) is 0.753. The predicted octanol–water partition coefficient (Wildman–Crippen LogP) is 2.68. The topological polar surface area (TPSA) is 41.3 Å². The van der Waals surface area contributed by atoms with Crippen LogP contribution in [0.5, 0.6) is 0 Å². The smallest absolute Gasteiger partial charge is 0.0575 e. The largest absolute Gasteiger partial charge is 0.397 e. The number of benzene rings is 1. The summed E-state index contributed by atoms with van der Waals surface area (Å²) in [6.45, 7) is 8.41. The lowest BCUT2D eigenvalue weighted by atomic mass is 10.2. The number of hydrogen-bond donors (Lipinski definition) is 2. The summed E-state index contributed by atoms with van der Waals surface area (Å²) in [4.78, 5) is 2.36. The molecule has 3 N–H and O–H groups in total. The molecule has 0 radical (unpaired) electrons. The van der Waals surface area contributed by atoms with E-state index < -0.39 is 0 Å². The van der Waals surface area contributed by atoms with Crippen molar-refractivity contribution in [2.24, 2.45) is 0 Å². The van der Waals surface area contributed by atoms with Gasteiger partial charge in [-0.15, -0.1) is 0 Å². The van der Waals surface area contributed by atoms with E-state index in [0.29, 0.717) is 10.7 Å². The Morgan fingerprint density at radius 3 is 2.56 bits per heavy atom. The second-order valence-corrected chi connectivity index (χ2v) is 4.12. The maximum Gasteiger partial charge on any atom is 0.0575 e. The van der Waals surface area contributed by atoms with Gasteiger partial charge in [0.1, 0.15) is 0 Å². The average molecular weight is 242 g/mol. The highest BCUT2D eigenvalue weighted by molar-refractivity contribution is 6.31. The van der Waals surface area contributed by atoms with Gasteiger partial charge in [0.2, 0.25) is 0 Å². The molecule has 1 aromatic carbocycles. The molecular formula is C12H20ClN3. The lowest BCUT2D eigenvalue weighted by Gasteiger charge is -2.18. The molecule has 1 rings (SSSR count). The van der Waals surface area contributed by atoms with Gasteiger partial charge in [-0.3, -0.25) is 0 Å². The van der Waals surface area contributed by atoms with E-state index in [1.807, 2.05) is 12.1 Å². The van der Waals surface area contributed by atoms with E-state index in [1.54, 1.807) is 6.07 Å². The Balaban J connectivity index is 2.42. The van der Waals surface area contributed by atoms with Gasteiger partial charge in [-0.25, -0.2) is 0 Å². The molecule has 0 amide bonds. The van der Waals surface area contributed by atoms with Crippen molar-refractivity contribution in [3.63, 3.8) is 0 Å². The van der Waals surface area contributed by atoms with Crippen molar-refractivity contribution in [3.05, 3.63) is 23.2 Å². The summed E-state index contributed by atoms with van der Waals surface area (Å²) in [5.41, 5.74) is 7.50. The minimum atomic E-state index is 0.673. The summed E-state index contributed by atoms with van der Waals surface area (Å²) >= 11 is 5.83. The highest BCUT2D eigenvalue weighted by Gasteiger charge is 2.01. The summed E-state index contributed by atoms with van der Waals surface area (Å²) in [5.74, 6) is 0. The molecule has 0 aliphatic carbocycles. The first-order chi connectivity index (χ1) is 7.67. The predicted molar refractivity (Wildman–Crippen MR) is 72.1 cm³/mol. The Kier molecular flexibility index (Phi) is 5.43. The minimum Gasteiger partial charge on any atom is -0.397 e. The third-order valence-corrected chi connectivity index (χ3v) is 2.89. The summed E-state index contributed by atoms with van der Waals surface area (Å²) < 4.78 is 0. The third-order valence-electron chi connectivity index (χ3n) is 2.65. The second-order valence-electron chi connectivity index (χ2n) is 3.69. The molecule has 0 unspecified atom stereocenters. The molecule has 0 aliphatic heterocycles. The SMILES string of the molecule is CCN(CC)CCNc1ccc(Cl)cc1N. The van der Waals surface area contributed by atoms with E-state index >= 15 is 0 Å².